The number of rotatable bonds is 8. The maximum Gasteiger partial charge on any atom is 0.330 e. The highest BCUT2D eigenvalue weighted by atomic mass is 32.2. The van der Waals surface area contributed by atoms with Gasteiger partial charge in [-0.25, -0.2) is 4.79 Å². The van der Waals surface area contributed by atoms with Gasteiger partial charge in [0.05, 0.1) is 11.9 Å². The normalized spacial score (nSPS) is 26.0. The van der Waals surface area contributed by atoms with Crippen molar-refractivity contribution >= 4 is 35.2 Å². The highest BCUT2D eigenvalue weighted by Gasteiger charge is 2.65. The molecule has 32 heavy (non-hydrogen) atoms. The Kier molecular flexibility index (Phi) is 6.27. The second kappa shape index (κ2) is 9.12. The molecule has 2 aromatic carbocycles. The molecule has 0 bridgehead atoms. The van der Waals surface area contributed by atoms with Crippen LogP contribution in [0.1, 0.15) is 6.92 Å². The molecule has 2 saturated heterocycles. The molecule has 4 rings (SSSR count). The lowest BCUT2D eigenvalue weighted by atomic mass is 9.94. The van der Waals surface area contributed by atoms with Crippen LogP contribution in [0.4, 0.5) is 5.69 Å². The number of hydrogen-bond donors (Lipinski definition) is 2. The summed E-state index contributed by atoms with van der Waals surface area (Å²) in [6, 6.07) is 17.2. The summed E-state index contributed by atoms with van der Waals surface area (Å²) in [4.78, 5) is 39.4. The SMILES string of the molecule is COC(=O)C1N2C(=O)C(NC(=O)COc3ccccc3)[C@H]2SC1(C)CNc1ccccc1. The summed E-state index contributed by atoms with van der Waals surface area (Å²) in [6.45, 7) is 2.18. The van der Waals surface area contributed by atoms with Crippen molar-refractivity contribution in [3.8, 4) is 5.75 Å². The van der Waals surface area contributed by atoms with Gasteiger partial charge in [0.15, 0.2) is 6.61 Å². The largest absolute Gasteiger partial charge is 0.484 e. The maximum atomic E-state index is 12.9. The number of carbonyl (C=O) groups excluding carboxylic acids is 3. The third-order valence-electron chi connectivity index (χ3n) is 5.60. The number of carbonyl (C=O) groups is 3. The highest BCUT2D eigenvalue weighted by molar-refractivity contribution is 8.01. The Morgan fingerprint density at radius 3 is 2.41 bits per heavy atom. The molecule has 168 valence electrons. The Bertz CT molecular complexity index is 990. The molecule has 2 amide bonds. The van der Waals surface area contributed by atoms with Gasteiger partial charge in [-0.2, -0.15) is 0 Å². The first-order chi connectivity index (χ1) is 15.4. The molecule has 8 nitrogen and oxygen atoms in total. The second-order valence-corrected chi connectivity index (χ2v) is 9.51. The monoisotopic (exact) mass is 455 g/mol. The number of ether oxygens (including phenoxy) is 2. The zero-order valence-corrected chi connectivity index (χ0v) is 18.6. The van der Waals surface area contributed by atoms with Gasteiger partial charge < -0.3 is 25.0 Å². The van der Waals surface area contributed by atoms with E-state index in [1.165, 1.54) is 23.8 Å². The zero-order valence-electron chi connectivity index (χ0n) is 17.8. The average Bonchev–Trinajstić information content (AvgIpc) is 3.10. The highest BCUT2D eigenvalue weighted by Crippen LogP contribution is 2.51. The van der Waals surface area contributed by atoms with Crippen LogP contribution in [0.5, 0.6) is 5.75 Å². The lowest BCUT2D eigenvalue weighted by molar-refractivity contribution is -0.162. The van der Waals surface area contributed by atoms with Crippen LogP contribution >= 0.6 is 11.8 Å². The van der Waals surface area contributed by atoms with Crippen molar-refractivity contribution in [1.29, 1.82) is 0 Å². The standard InChI is InChI=1S/C23H25N3O5S/c1-23(14-24-15-9-5-3-6-10-15)19(22(29)30-2)26-20(28)18(21(26)32-23)25-17(27)13-31-16-11-7-4-8-12-16/h3-12,18-19,21,24H,13-14H2,1-2H3,(H,25,27)/t18?,19?,21-,23?/m1/s1. The number of nitrogens with zero attached hydrogens (tertiary/aromatic N) is 1. The average molecular weight is 456 g/mol. The molecule has 2 heterocycles. The van der Waals surface area contributed by atoms with E-state index < -0.39 is 28.7 Å². The van der Waals surface area contributed by atoms with Gasteiger partial charge in [0.2, 0.25) is 5.91 Å². The minimum absolute atomic E-state index is 0.196. The van der Waals surface area contributed by atoms with E-state index in [9.17, 15) is 14.4 Å². The van der Waals surface area contributed by atoms with Crippen LogP contribution in [0.3, 0.4) is 0 Å². The van der Waals surface area contributed by atoms with Crippen molar-refractivity contribution in [1.82, 2.24) is 10.2 Å². The molecule has 0 saturated carbocycles. The summed E-state index contributed by atoms with van der Waals surface area (Å²) in [6.07, 6.45) is 0. The number of amides is 2. The van der Waals surface area contributed by atoms with E-state index in [2.05, 4.69) is 10.6 Å². The van der Waals surface area contributed by atoms with Gasteiger partial charge in [-0.05, 0) is 31.2 Å². The first-order valence-corrected chi connectivity index (χ1v) is 11.1. The number of methoxy groups -OCH3 is 1. The molecule has 0 radical (unpaired) electrons. The van der Waals surface area contributed by atoms with Crippen LogP contribution in [0.25, 0.3) is 0 Å². The van der Waals surface area contributed by atoms with E-state index in [1.807, 2.05) is 55.5 Å². The maximum absolute atomic E-state index is 12.9. The predicted octanol–water partition coefficient (Wildman–Crippen LogP) is 1.88. The van der Waals surface area contributed by atoms with Crippen molar-refractivity contribution in [2.45, 2.75) is 29.1 Å². The molecule has 0 aliphatic carbocycles. The second-order valence-electron chi connectivity index (χ2n) is 7.86. The first kappa shape index (κ1) is 22.0. The number of para-hydroxylation sites is 2. The zero-order chi connectivity index (χ0) is 22.7. The number of nitrogens with one attached hydrogen (secondary N) is 2. The van der Waals surface area contributed by atoms with Crippen LogP contribution in [0.15, 0.2) is 60.7 Å². The molecule has 2 aromatic rings. The number of β-lactam (4-membered cyclic amide) rings is 1. The summed E-state index contributed by atoms with van der Waals surface area (Å²) in [7, 11) is 1.32. The molecule has 2 aliphatic heterocycles. The topological polar surface area (TPSA) is 97.0 Å². The summed E-state index contributed by atoms with van der Waals surface area (Å²) < 4.78 is 9.83. The van der Waals surface area contributed by atoms with Crippen LogP contribution in [-0.2, 0) is 19.1 Å². The molecule has 0 spiro atoms. The summed E-state index contributed by atoms with van der Waals surface area (Å²) in [5, 5.41) is 5.74. The van der Waals surface area contributed by atoms with Gasteiger partial charge >= 0.3 is 5.97 Å². The Morgan fingerprint density at radius 1 is 1.09 bits per heavy atom. The van der Waals surface area contributed by atoms with Crippen molar-refractivity contribution in [2.24, 2.45) is 0 Å². The van der Waals surface area contributed by atoms with Crippen LogP contribution in [-0.4, -0.2) is 65.1 Å². The molecule has 2 N–H and O–H groups in total. The van der Waals surface area contributed by atoms with Crippen molar-refractivity contribution in [2.75, 3.05) is 25.6 Å². The number of fused-ring (bicyclic) bond motifs is 1. The predicted molar refractivity (Wildman–Crippen MR) is 121 cm³/mol. The van der Waals surface area contributed by atoms with E-state index in [4.69, 9.17) is 9.47 Å². The van der Waals surface area contributed by atoms with Crippen LogP contribution in [0.2, 0.25) is 0 Å². The summed E-state index contributed by atoms with van der Waals surface area (Å²) in [5.74, 6) is -0.583. The molecule has 3 unspecified atom stereocenters. The van der Waals surface area contributed by atoms with Gasteiger partial charge in [-0.1, -0.05) is 36.4 Å². The lowest BCUT2D eigenvalue weighted by Crippen LogP contribution is -2.71. The molecule has 2 fully saturated rings. The quantitative estimate of drug-likeness (QED) is 0.463. The number of thioether (sulfide) groups is 1. The smallest absolute Gasteiger partial charge is 0.330 e. The lowest BCUT2D eigenvalue weighted by Gasteiger charge is -2.43. The van der Waals surface area contributed by atoms with Crippen molar-refractivity contribution in [3.05, 3.63) is 60.7 Å². The van der Waals surface area contributed by atoms with Crippen LogP contribution < -0.4 is 15.4 Å². The van der Waals surface area contributed by atoms with Gasteiger partial charge in [-0.15, -0.1) is 11.8 Å². The summed E-state index contributed by atoms with van der Waals surface area (Å²) >= 11 is 1.49. The third kappa shape index (κ3) is 4.25. The minimum atomic E-state index is -0.750. The molecule has 2 aliphatic rings. The van der Waals surface area contributed by atoms with Gasteiger partial charge in [0, 0.05) is 12.2 Å². The van der Waals surface area contributed by atoms with Gasteiger partial charge in [0.25, 0.3) is 5.91 Å². The van der Waals surface area contributed by atoms with Gasteiger partial charge in [0.1, 0.15) is 23.2 Å². The number of esters is 1. The Hall–Kier alpha value is -3.20. The molecular weight excluding hydrogens is 430 g/mol. The number of anilines is 1. The van der Waals surface area contributed by atoms with E-state index >= 15 is 0 Å². The van der Waals surface area contributed by atoms with Gasteiger partial charge in [-0.3, -0.25) is 9.59 Å². The fourth-order valence-corrected chi connectivity index (χ4v) is 5.69. The number of hydrogen-bond acceptors (Lipinski definition) is 7. The van der Waals surface area contributed by atoms with E-state index in [1.54, 1.807) is 12.1 Å². The fraction of sp³-hybridized carbons (Fsp3) is 0.348. The minimum Gasteiger partial charge on any atom is -0.484 e. The van der Waals surface area contributed by atoms with E-state index in [-0.39, 0.29) is 17.9 Å². The molecule has 0 aromatic heterocycles. The fourth-order valence-electron chi connectivity index (χ4n) is 3.98. The molecular formula is C23H25N3O5S. The van der Waals surface area contributed by atoms with Crippen LogP contribution in [0, 0.1) is 0 Å². The Morgan fingerprint density at radius 2 is 1.75 bits per heavy atom. The van der Waals surface area contributed by atoms with Crippen molar-refractivity contribution < 1.29 is 23.9 Å². The Labute approximate surface area is 190 Å². The molecule has 4 atom stereocenters. The summed E-state index contributed by atoms with van der Waals surface area (Å²) in [5.41, 5.74) is 0.918. The first-order valence-electron chi connectivity index (χ1n) is 10.3. The van der Waals surface area contributed by atoms with Crippen molar-refractivity contribution in [3.63, 3.8) is 0 Å². The van der Waals surface area contributed by atoms with E-state index in [0.29, 0.717) is 12.3 Å². The van der Waals surface area contributed by atoms with E-state index in [0.717, 1.165) is 5.69 Å². The third-order valence-corrected chi connectivity index (χ3v) is 7.24. The Balaban J connectivity index is 1.42. The number of benzene rings is 2. The molecule has 9 heteroatoms.